The summed E-state index contributed by atoms with van der Waals surface area (Å²) in [5.74, 6) is 0.161. The number of nitrogens with zero attached hydrogens (tertiary/aromatic N) is 1. The maximum atomic E-state index is 13.9. The molecule has 8 heteroatoms. The molecule has 1 saturated heterocycles. The molecule has 0 radical (unpaired) electrons. The number of methoxy groups -OCH3 is 2. The summed E-state index contributed by atoms with van der Waals surface area (Å²) in [6, 6.07) is 7.02. The van der Waals surface area contributed by atoms with E-state index in [1.807, 2.05) is 0 Å². The molecule has 31 heavy (non-hydrogen) atoms. The van der Waals surface area contributed by atoms with Gasteiger partial charge in [-0.3, -0.25) is 4.90 Å². The monoisotopic (exact) mass is 451 g/mol. The molecule has 0 aromatic heterocycles. The largest absolute Gasteiger partial charge is 0.493 e. The minimum Gasteiger partial charge on any atom is -0.493 e. The smallest absolute Gasteiger partial charge is 0.181 e. The standard InChI is InChI=1S/C23H27F2NO4S/c1-29-21-11-17-10-19(31(27,28)23(17)13-22(21)30-2)9-15-5-7-26(8-6-15)14-16-3-4-18(24)12-20(16)25/h3-4,11-13,15,19H,5-10,14H2,1-2H3. The highest BCUT2D eigenvalue weighted by atomic mass is 32.2. The highest BCUT2D eigenvalue weighted by Crippen LogP contribution is 2.41. The summed E-state index contributed by atoms with van der Waals surface area (Å²) in [6.07, 6.45) is 2.81. The molecule has 2 aromatic rings. The zero-order chi connectivity index (χ0) is 22.2. The molecule has 1 unspecified atom stereocenters. The quantitative estimate of drug-likeness (QED) is 0.665. The molecule has 0 N–H and O–H groups in total. The third-order valence-electron chi connectivity index (χ3n) is 6.47. The van der Waals surface area contributed by atoms with Gasteiger partial charge in [-0.1, -0.05) is 6.07 Å². The van der Waals surface area contributed by atoms with E-state index in [0.717, 1.165) is 37.6 Å². The van der Waals surface area contributed by atoms with Crippen molar-refractivity contribution in [2.45, 2.75) is 42.4 Å². The molecule has 1 fully saturated rings. The second kappa shape index (κ2) is 8.74. The van der Waals surface area contributed by atoms with Gasteiger partial charge < -0.3 is 9.47 Å². The highest BCUT2D eigenvalue weighted by molar-refractivity contribution is 7.92. The van der Waals surface area contributed by atoms with E-state index in [9.17, 15) is 17.2 Å². The Morgan fingerprint density at radius 3 is 2.35 bits per heavy atom. The van der Waals surface area contributed by atoms with Crippen LogP contribution in [0.4, 0.5) is 8.78 Å². The molecule has 4 rings (SSSR count). The number of rotatable bonds is 6. The molecule has 168 valence electrons. The van der Waals surface area contributed by atoms with Crippen molar-refractivity contribution in [1.29, 1.82) is 0 Å². The van der Waals surface area contributed by atoms with Gasteiger partial charge in [0.25, 0.3) is 0 Å². The van der Waals surface area contributed by atoms with Gasteiger partial charge in [-0.25, -0.2) is 17.2 Å². The van der Waals surface area contributed by atoms with Gasteiger partial charge in [-0.15, -0.1) is 0 Å². The summed E-state index contributed by atoms with van der Waals surface area (Å²) < 4.78 is 63.9. The van der Waals surface area contributed by atoms with Gasteiger partial charge in [0, 0.05) is 24.2 Å². The summed E-state index contributed by atoms with van der Waals surface area (Å²) >= 11 is 0. The van der Waals surface area contributed by atoms with Crippen molar-refractivity contribution in [1.82, 2.24) is 4.90 Å². The van der Waals surface area contributed by atoms with Crippen LogP contribution in [0.1, 0.15) is 30.4 Å². The van der Waals surface area contributed by atoms with E-state index in [2.05, 4.69) is 4.90 Å². The van der Waals surface area contributed by atoms with Gasteiger partial charge in [0.05, 0.1) is 24.4 Å². The van der Waals surface area contributed by atoms with Crippen LogP contribution in [-0.2, 0) is 22.8 Å². The van der Waals surface area contributed by atoms with Crippen molar-refractivity contribution >= 4 is 9.84 Å². The first kappa shape index (κ1) is 22.0. The van der Waals surface area contributed by atoms with E-state index in [1.165, 1.54) is 26.4 Å². The number of fused-ring (bicyclic) bond motifs is 1. The molecular weight excluding hydrogens is 424 g/mol. The van der Waals surface area contributed by atoms with E-state index in [0.29, 0.717) is 47.3 Å². The number of sulfone groups is 1. The van der Waals surface area contributed by atoms with E-state index >= 15 is 0 Å². The normalized spacial score (nSPS) is 21.1. The predicted molar refractivity (Wildman–Crippen MR) is 113 cm³/mol. The number of halogens is 2. The Balaban J connectivity index is 1.38. The maximum absolute atomic E-state index is 13.9. The Bertz CT molecular complexity index is 1070. The highest BCUT2D eigenvalue weighted by Gasteiger charge is 2.39. The lowest BCUT2D eigenvalue weighted by Gasteiger charge is -2.33. The van der Waals surface area contributed by atoms with E-state index in [1.54, 1.807) is 12.1 Å². The molecular formula is C23H27F2NO4S. The average Bonchev–Trinajstić information content (AvgIpc) is 2.99. The Morgan fingerprint density at radius 2 is 1.71 bits per heavy atom. The lowest BCUT2D eigenvalue weighted by atomic mass is 9.90. The summed E-state index contributed by atoms with van der Waals surface area (Å²) in [4.78, 5) is 2.49. The van der Waals surface area contributed by atoms with E-state index in [-0.39, 0.29) is 0 Å². The Kier molecular flexibility index (Phi) is 6.21. The molecule has 0 bridgehead atoms. The number of ether oxygens (including phenoxy) is 2. The first-order chi connectivity index (χ1) is 14.8. The van der Waals surface area contributed by atoms with Crippen LogP contribution in [0.3, 0.4) is 0 Å². The molecule has 1 atom stereocenters. The zero-order valence-corrected chi connectivity index (χ0v) is 18.6. The van der Waals surface area contributed by atoms with Crippen molar-refractivity contribution in [3.63, 3.8) is 0 Å². The average molecular weight is 452 g/mol. The molecule has 2 heterocycles. The Labute approximate surface area is 181 Å². The summed E-state index contributed by atoms with van der Waals surface area (Å²) in [5.41, 5.74) is 1.27. The van der Waals surface area contributed by atoms with Crippen LogP contribution in [-0.4, -0.2) is 45.9 Å². The molecule has 0 saturated carbocycles. The lowest BCUT2D eigenvalue weighted by Crippen LogP contribution is -2.35. The summed E-state index contributed by atoms with van der Waals surface area (Å²) in [6.45, 7) is 1.97. The fraction of sp³-hybridized carbons (Fsp3) is 0.478. The van der Waals surface area contributed by atoms with Gasteiger partial charge in [0.2, 0.25) is 0 Å². The maximum Gasteiger partial charge on any atom is 0.181 e. The van der Waals surface area contributed by atoms with Crippen LogP contribution in [0.2, 0.25) is 0 Å². The molecule has 0 amide bonds. The summed E-state index contributed by atoms with van der Waals surface area (Å²) in [7, 11) is -0.376. The van der Waals surface area contributed by atoms with Gasteiger partial charge in [-0.05, 0) is 62.4 Å². The molecule has 2 aliphatic heterocycles. The Morgan fingerprint density at radius 1 is 1.03 bits per heavy atom. The fourth-order valence-electron chi connectivity index (χ4n) is 4.71. The predicted octanol–water partition coefficient (Wildman–Crippen LogP) is 3.98. The molecule has 0 aliphatic carbocycles. The van der Waals surface area contributed by atoms with Crippen LogP contribution < -0.4 is 9.47 Å². The fourth-order valence-corrected chi connectivity index (χ4v) is 6.78. The molecule has 5 nitrogen and oxygen atoms in total. The number of benzene rings is 2. The Hall–Kier alpha value is -2.19. The molecule has 2 aromatic carbocycles. The van der Waals surface area contributed by atoms with E-state index < -0.39 is 26.7 Å². The topological polar surface area (TPSA) is 55.8 Å². The van der Waals surface area contributed by atoms with Crippen molar-refractivity contribution < 1.29 is 26.7 Å². The number of likely N-dealkylation sites (tertiary alicyclic amines) is 1. The van der Waals surface area contributed by atoms with Crippen LogP contribution in [0.15, 0.2) is 35.2 Å². The second-order valence-electron chi connectivity index (χ2n) is 8.38. The molecule has 2 aliphatic rings. The second-order valence-corrected chi connectivity index (χ2v) is 10.6. The zero-order valence-electron chi connectivity index (χ0n) is 17.7. The van der Waals surface area contributed by atoms with Crippen molar-refractivity contribution in [3.05, 3.63) is 53.1 Å². The number of piperidine rings is 1. The van der Waals surface area contributed by atoms with E-state index in [4.69, 9.17) is 9.47 Å². The van der Waals surface area contributed by atoms with Crippen molar-refractivity contribution in [3.8, 4) is 11.5 Å². The summed E-state index contributed by atoms with van der Waals surface area (Å²) in [5, 5.41) is -0.439. The minimum absolute atomic E-state index is 0.298. The third kappa shape index (κ3) is 4.41. The van der Waals surface area contributed by atoms with Gasteiger partial charge in [-0.2, -0.15) is 0 Å². The van der Waals surface area contributed by atoms with Crippen molar-refractivity contribution in [2.75, 3.05) is 27.3 Å². The van der Waals surface area contributed by atoms with Crippen LogP contribution in [0.25, 0.3) is 0 Å². The van der Waals surface area contributed by atoms with Crippen LogP contribution >= 0.6 is 0 Å². The van der Waals surface area contributed by atoms with Gasteiger partial charge >= 0.3 is 0 Å². The van der Waals surface area contributed by atoms with Gasteiger partial charge in [0.15, 0.2) is 21.3 Å². The lowest BCUT2D eigenvalue weighted by molar-refractivity contribution is 0.170. The van der Waals surface area contributed by atoms with Crippen molar-refractivity contribution in [2.24, 2.45) is 5.92 Å². The van der Waals surface area contributed by atoms with Gasteiger partial charge in [0.1, 0.15) is 11.6 Å². The third-order valence-corrected chi connectivity index (χ3v) is 8.70. The molecule has 0 spiro atoms. The minimum atomic E-state index is -3.41. The van der Waals surface area contributed by atoms with Crippen LogP contribution in [0, 0.1) is 17.6 Å². The number of hydrogen-bond acceptors (Lipinski definition) is 5. The first-order valence-electron chi connectivity index (χ1n) is 10.5. The first-order valence-corrected chi connectivity index (χ1v) is 12.0. The van der Waals surface area contributed by atoms with Crippen LogP contribution in [0.5, 0.6) is 11.5 Å². The number of hydrogen-bond donors (Lipinski definition) is 0. The SMILES string of the molecule is COc1cc2c(cc1OC)S(=O)(=O)C(CC1CCN(Cc3ccc(F)cc3F)CC1)C2.